The summed E-state index contributed by atoms with van der Waals surface area (Å²) in [5.41, 5.74) is -0.198. The van der Waals surface area contributed by atoms with Crippen molar-refractivity contribution < 1.29 is 29.6 Å². The first-order valence-corrected chi connectivity index (χ1v) is 6.12. The van der Waals surface area contributed by atoms with Crippen LogP contribution in [0.4, 0.5) is 0 Å². The highest BCUT2D eigenvalue weighted by Crippen LogP contribution is 2.39. The molecule has 0 bridgehead atoms. The van der Waals surface area contributed by atoms with Gasteiger partial charge < -0.3 is 20.1 Å². The van der Waals surface area contributed by atoms with E-state index in [0.717, 1.165) is 12.1 Å². The Kier molecular flexibility index (Phi) is 2.67. The first-order chi connectivity index (χ1) is 9.40. The predicted molar refractivity (Wildman–Crippen MR) is 66.6 cm³/mol. The molecule has 3 N–H and O–H groups in total. The molecule has 1 heterocycles. The number of hydrogen-bond donors (Lipinski definition) is 3. The second kappa shape index (κ2) is 4.16. The van der Waals surface area contributed by atoms with E-state index in [1.165, 1.54) is 0 Å². The van der Waals surface area contributed by atoms with E-state index in [4.69, 9.17) is 4.74 Å². The van der Waals surface area contributed by atoms with Crippen LogP contribution in [0.5, 0.6) is 11.5 Å². The van der Waals surface area contributed by atoms with E-state index in [2.05, 4.69) is 0 Å². The smallest absolute Gasteiger partial charge is 0.198 e. The Morgan fingerprint density at radius 2 is 1.90 bits per heavy atom. The van der Waals surface area contributed by atoms with Gasteiger partial charge in [-0.3, -0.25) is 9.59 Å². The molecule has 0 unspecified atom stereocenters. The summed E-state index contributed by atoms with van der Waals surface area (Å²) in [6.45, 7) is 1.68. The zero-order valence-electron chi connectivity index (χ0n) is 10.6. The Bertz CT molecular complexity index is 672. The molecule has 0 radical (unpaired) electrons. The van der Waals surface area contributed by atoms with Crippen LogP contribution in [0.15, 0.2) is 23.3 Å². The molecule has 20 heavy (non-hydrogen) atoms. The molecule has 0 fully saturated rings. The van der Waals surface area contributed by atoms with E-state index in [1.807, 2.05) is 0 Å². The van der Waals surface area contributed by atoms with Crippen LogP contribution in [-0.4, -0.2) is 39.3 Å². The van der Waals surface area contributed by atoms with Crippen LogP contribution in [0.1, 0.15) is 34.1 Å². The number of Topliss-reactive ketones (excluding diaryl/α,β-unsaturated/α-hetero) is 2. The number of ether oxygens (including phenoxy) is 1. The fraction of sp³-hybridized carbons (Fsp3) is 0.286. The molecular formula is C14H12O6. The van der Waals surface area contributed by atoms with Crippen molar-refractivity contribution in [2.75, 3.05) is 0 Å². The van der Waals surface area contributed by atoms with E-state index in [0.29, 0.717) is 0 Å². The molecule has 0 saturated carbocycles. The topological polar surface area (TPSA) is 104 Å². The minimum Gasteiger partial charge on any atom is -0.508 e. The summed E-state index contributed by atoms with van der Waals surface area (Å²) >= 11 is 0. The molecule has 104 valence electrons. The molecule has 1 aliphatic heterocycles. The number of ketones is 2. The zero-order valence-corrected chi connectivity index (χ0v) is 10.6. The lowest BCUT2D eigenvalue weighted by atomic mass is 9.80. The molecule has 0 amide bonds. The zero-order chi connectivity index (χ0) is 14.6. The summed E-state index contributed by atoms with van der Waals surface area (Å²) in [5.74, 6) is -1.91. The predicted octanol–water partition coefficient (Wildman–Crippen LogP) is 0.901. The van der Waals surface area contributed by atoms with Crippen molar-refractivity contribution in [3.8, 4) is 11.5 Å². The van der Waals surface area contributed by atoms with Gasteiger partial charge in [0.05, 0.1) is 17.2 Å². The quantitative estimate of drug-likeness (QED) is 0.650. The van der Waals surface area contributed by atoms with Gasteiger partial charge in [-0.25, -0.2) is 0 Å². The van der Waals surface area contributed by atoms with E-state index in [1.54, 1.807) is 6.92 Å². The summed E-state index contributed by atoms with van der Waals surface area (Å²) in [4.78, 5) is 24.7. The Morgan fingerprint density at radius 3 is 2.60 bits per heavy atom. The first-order valence-electron chi connectivity index (χ1n) is 6.12. The molecule has 3 rings (SSSR count). The third-order valence-electron chi connectivity index (χ3n) is 3.52. The highest BCUT2D eigenvalue weighted by atomic mass is 16.6. The monoisotopic (exact) mass is 276 g/mol. The summed E-state index contributed by atoms with van der Waals surface area (Å²) in [6.07, 6.45) is -1.67. The molecule has 1 aromatic rings. The molecule has 1 aliphatic carbocycles. The van der Waals surface area contributed by atoms with Crippen molar-refractivity contribution in [2.24, 2.45) is 0 Å². The van der Waals surface area contributed by atoms with Gasteiger partial charge >= 0.3 is 0 Å². The van der Waals surface area contributed by atoms with Gasteiger partial charge in [0.1, 0.15) is 11.5 Å². The number of carbonyl (C=O) groups excluding carboxylic acids is 2. The summed E-state index contributed by atoms with van der Waals surface area (Å²) in [6, 6.07) is 2.12. The number of aliphatic hydroxyl groups is 1. The van der Waals surface area contributed by atoms with Crippen LogP contribution >= 0.6 is 0 Å². The van der Waals surface area contributed by atoms with Crippen LogP contribution in [0.2, 0.25) is 0 Å². The van der Waals surface area contributed by atoms with Gasteiger partial charge in [0.25, 0.3) is 0 Å². The van der Waals surface area contributed by atoms with Gasteiger partial charge in [0.2, 0.25) is 0 Å². The number of phenolic OH excluding ortho intramolecular Hbond substituents is 2. The van der Waals surface area contributed by atoms with Gasteiger partial charge in [-0.1, -0.05) is 0 Å². The fourth-order valence-electron chi connectivity index (χ4n) is 2.67. The van der Waals surface area contributed by atoms with Crippen molar-refractivity contribution in [2.45, 2.75) is 25.7 Å². The van der Waals surface area contributed by atoms with Crippen LogP contribution < -0.4 is 0 Å². The number of rotatable bonds is 0. The molecule has 0 saturated heterocycles. The lowest BCUT2D eigenvalue weighted by Gasteiger charge is -2.31. The van der Waals surface area contributed by atoms with Gasteiger partial charge in [-0.15, -0.1) is 0 Å². The van der Waals surface area contributed by atoms with Gasteiger partial charge in [-0.2, -0.15) is 0 Å². The summed E-state index contributed by atoms with van der Waals surface area (Å²) in [7, 11) is 0. The third-order valence-corrected chi connectivity index (χ3v) is 3.52. The summed E-state index contributed by atoms with van der Waals surface area (Å²) in [5, 5.41) is 29.1. The molecule has 2 aliphatic rings. The van der Waals surface area contributed by atoms with Gasteiger partial charge in [0, 0.05) is 23.6 Å². The van der Waals surface area contributed by atoms with Crippen molar-refractivity contribution in [1.82, 2.24) is 0 Å². The minimum atomic E-state index is -1.48. The van der Waals surface area contributed by atoms with E-state index < -0.39 is 29.7 Å². The molecule has 6 heteroatoms. The molecule has 6 nitrogen and oxygen atoms in total. The van der Waals surface area contributed by atoms with Crippen molar-refractivity contribution in [3.05, 3.63) is 34.4 Å². The molecular weight excluding hydrogens is 264 g/mol. The Morgan fingerprint density at radius 1 is 1.20 bits per heavy atom. The Hall–Kier alpha value is -2.18. The second-order valence-electron chi connectivity index (χ2n) is 4.94. The average molecular weight is 276 g/mol. The lowest BCUT2D eigenvalue weighted by molar-refractivity contribution is -0.112. The number of benzene rings is 1. The second-order valence-corrected chi connectivity index (χ2v) is 4.94. The number of hydrogen-bond acceptors (Lipinski definition) is 6. The Balaban J connectivity index is 2.25. The number of phenols is 2. The first kappa shape index (κ1) is 12.8. The average Bonchev–Trinajstić information content (AvgIpc) is 2.34. The number of carbonyl (C=O) groups is 2. The minimum absolute atomic E-state index is 0.0486. The van der Waals surface area contributed by atoms with Gasteiger partial charge in [0.15, 0.2) is 17.9 Å². The largest absolute Gasteiger partial charge is 0.508 e. The highest BCUT2D eigenvalue weighted by molar-refractivity contribution is 6.28. The van der Waals surface area contributed by atoms with E-state index in [9.17, 15) is 24.9 Å². The molecule has 1 aromatic carbocycles. The van der Waals surface area contributed by atoms with E-state index in [-0.39, 0.29) is 34.4 Å². The molecule has 0 spiro atoms. The fourth-order valence-corrected chi connectivity index (χ4v) is 2.67. The van der Waals surface area contributed by atoms with Crippen molar-refractivity contribution >= 4 is 11.6 Å². The normalized spacial score (nSPS) is 25.5. The maximum atomic E-state index is 12.4. The molecule has 0 aromatic heterocycles. The number of fused-ring (bicyclic) bond motifs is 1. The number of aromatic hydroxyl groups is 2. The van der Waals surface area contributed by atoms with Crippen LogP contribution in [0, 0.1) is 0 Å². The SMILES string of the molecule is C[C@H]1CC2=C(C(=O)c3c(O)cc(O)cc3C2=O)[C@@H](O)O1. The van der Waals surface area contributed by atoms with Crippen LogP contribution in [0.3, 0.4) is 0 Å². The number of aliphatic hydroxyl groups excluding tert-OH is 1. The van der Waals surface area contributed by atoms with E-state index >= 15 is 0 Å². The lowest BCUT2D eigenvalue weighted by Crippen LogP contribution is -2.37. The maximum absolute atomic E-state index is 12.4. The van der Waals surface area contributed by atoms with Gasteiger partial charge in [-0.05, 0) is 13.0 Å². The maximum Gasteiger partial charge on any atom is 0.198 e. The highest BCUT2D eigenvalue weighted by Gasteiger charge is 2.41. The molecule has 2 atom stereocenters. The standard InChI is InChI=1S/C14H12O6/c1-5-2-7-11(14(19)20-5)13(18)10-8(12(7)17)3-6(15)4-9(10)16/h3-5,14-16,19H,2H2,1H3/t5-,14-/m0/s1. The van der Waals surface area contributed by atoms with Crippen LogP contribution in [0.25, 0.3) is 0 Å². The third kappa shape index (κ3) is 1.65. The van der Waals surface area contributed by atoms with Crippen molar-refractivity contribution in [1.29, 1.82) is 0 Å². The van der Waals surface area contributed by atoms with Crippen molar-refractivity contribution in [3.63, 3.8) is 0 Å². The Labute approximate surface area is 113 Å². The van der Waals surface area contributed by atoms with Crippen LogP contribution in [-0.2, 0) is 4.74 Å². The summed E-state index contributed by atoms with van der Waals surface area (Å²) < 4.78 is 5.15.